The van der Waals surface area contributed by atoms with Crippen LogP contribution in [0, 0.1) is 10.1 Å². The van der Waals surface area contributed by atoms with E-state index in [-0.39, 0.29) is 16.4 Å². The van der Waals surface area contributed by atoms with E-state index in [9.17, 15) is 14.9 Å². The predicted octanol–water partition coefficient (Wildman–Crippen LogP) is 4.26. The van der Waals surface area contributed by atoms with Crippen molar-refractivity contribution < 1.29 is 14.5 Å². The van der Waals surface area contributed by atoms with Crippen molar-refractivity contribution in [1.29, 1.82) is 0 Å². The summed E-state index contributed by atoms with van der Waals surface area (Å²) in [6.45, 7) is 0. The minimum Gasteiger partial charge on any atom is -0.496 e. The van der Waals surface area contributed by atoms with Gasteiger partial charge in [-0.25, -0.2) is 0 Å². The van der Waals surface area contributed by atoms with Crippen LogP contribution in [0.25, 0.3) is 0 Å². The van der Waals surface area contributed by atoms with Crippen molar-refractivity contribution in [2.24, 2.45) is 0 Å². The summed E-state index contributed by atoms with van der Waals surface area (Å²) in [6.07, 6.45) is 0. The molecule has 0 aromatic heterocycles. The Balaban J connectivity index is 2.10. The molecule has 7 nitrogen and oxygen atoms in total. The SMILES string of the molecule is COc1ccc(NC(=S)NC(=O)c2cc([N+](=O)[O-])ccc2Br)cc1Br. The highest BCUT2D eigenvalue weighted by atomic mass is 79.9. The number of thiocarbonyl (C=S) groups is 1. The van der Waals surface area contributed by atoms with Gasteiger partial charge < -0.3 is 10.1 Å². The second kappa shape index (κ2) is 8.37. The first-order chi connectivity index (χ1) is 11.8. The Bertz CT molecular complexity index is 861. The average Bonchev–Trinajstić information content (AvgIpc) is 2.54. The topological polar surface area (TPSA) is 93.5 Å². The number of nitrogens with zero attached hydrogens (tertiary/aromatic N) is 1. The number of methoxy groups -OCH3 is 1. The fraction of sp³-hybridized carbons (Fsp3) is 0.0667. The van der Waals surface area contributed by atoms with Gasteiger partial charge in [-0.05, 0) is 68.3 Å². The van der Waals surface area contributed by atoms with Crippen molar-refractivity contribution in [2.75, 3.05) is 12.4 Å². The van der Waals surface area contributed by atoms with Crippen LogP contribution in [-0.2, 0) is 0 Å². The van der Waals surface area contributed by atoms with Crippen LogP contribution in [0.1, 0.15) is 10.4 Å². The number of nitro groups is 1. The Hall–Kier alpha value is -2.04. The van der Waals surface area contributed by atoms with Gasteiger partial charge in [0.05, 0.1) is 22.1 Å². The third-order valence-corrected chi connectivity index (χ3v) is 4.56. The molecule has 130 valence electrons. The summed E-state index contributed by atoms with van der Waals surface area (Å²) in [6, 6.07) is 9.10. The van der Waals surface area contributed by atoms with E-state index in [0.717, 1.165) is 4.47 Å². The second-order valence-electron chi connectivity index (χ2n) is 4.68. The summed E-state index contributed by atoms with van der Waals surface area (Å²) in [4.78, 5) is 22.6. The van der Waals surface area contributed by atoms with Crippen LogP contribution in [0.3, 0.4) is 0 Å². The molecule has 0 spiro atoms. The van der Waals surface area contributed by atoms with Crippen molar-refractivity contribution in [3.05, 3.63) is 61.0 Å². The number of ether oxygens (including phenoxy) is 1. The van der Waals surface area contributed by atoms with Gasteiger partial charge in [0.15, 0.2) is 5.11 Å². The highest BCUT2D eigenvalue weighted by Gasteiger charge is 2.16. The maximum absolute atomic E-state index is 12.3. The van der Waals surface area contributed by atoms with Gasteiger partial charge in [-0.3, -0.25) is 20.2 Å². The van der Waals surface area contributed by atoms with Crippen LogP contribution in [-0.4, -0.2) is 23.1 Å². The van der Waals surface area contributed by atoms with E-state index in [2.05, 4.69) is 42.5 Å². The number of nitro benzene ring substituents is 1. The first kappa shape index (κ1) is 19.3. The fourth-order valence-electron chi connectivity index (χ4n) is 1.88. The van der Waals surface area contributed by atoms with E-state index in [4.69, 9.17) is 17.0 Å². The number of amides is 1. The molecule has 25 heavy (non-hydrogen) atoms. The summed E-state index contributed by atoms with van der Waals surface area (Å²) in [5.74, 6) is 0.0849. The molecule has 2 rings (SSSR count). The highest BCUT2D eigenvalue weighted by molar-refractivity contribution is 9.10. The number of hydrogen-bond donors (Lipinski definition) is 2. The Morgan fingerprint density at radius 1 is 1.20 bits per heavy atom. The summed E-state index contributed by atoms with van der Waals surface area (Å²) in [5, 5.41) is 16.2. The molecule has 0 aliphatic rings. The summed E-state index contributed by atoms with van der Waals surface area (Å²) < 4.78 is 6.27. The zero-order valence-electron chi connectivity index (χ0n) is 12.7. The first-order valence-corrected chi connectivity index (χ1v) is 8.71. The molecule has 0 saturated carbocycles. The number of non-ortho nitro benzene ring substituents is 1. The molecule has 0 saturated heterocycles. The van der Waals surface area contributed by atoms with Gasteiger partial charge in [0, 0.05) is 22.3 Å². The maximum Gasteiger partial charge on any atom is 0.270 e. The minimum absolute atomic E-state index is 0.0560. The van der Waals surface area contributed by atoms with Gasteiger partial charge in [-0.1, -0.05) is 0 Å². The number of carbonyl (C=O) groups excluding carboxylic acids is 1. The minimum atomic E-state index is -0.575. The lowest BCUT2D eigenvalue weighted by Gasteiger charge is -2.11. The molecule has 1 amide bonds. The zero-order valence-corrected chi connectivity index (χ0v) is 16.7. The Kier molecular flexibility index (Phi) is 6.45. The van der Waals surface area contributed by atoms with Gasteiger partial charge in [0.25, 0.3) is 11.6 Å². The van der Waals surface area contributed by atoms with Crippen LogP contribution in [0.4, 0.5) is 11.4 Å². The van der Waals surface area contributed by atoms with Crippen molar-refractivity contribution in [1.82, 2.24) is 5.32 Å². The van der Waals surface area contributed by atoms with Crippen LogP contribution in [0.15, 0.2) is 45.3 Å². The van der Waals surface area contributed by atoms with Crippen molar-refractivity contribution in [3.8, 4) is 5.75 Å². The quantitative estimate of drug-likeness (QED) is 0.379. The molecule has 10 heteroatoms. The lowest BCUT2D eigenvalue weighted by Crippen LogP contribution is -2.34. The third-order valence-electron chi connectivity index (χ3n) is 3.04. The van der Waals surface area contributed by atoms with Crippen LogP contribution in [0.2, 0.25) is 0 Å². The van der Waals surface area contributed by atoms with Crippen molar-refractivity contribution in [3.63, 3.8) is 0 Å². The second-order valence-corrected chi connectivity index (χ2v) is 6.80. The average molecular weight is 489 g/mol. The Labute approximate surface area is 165 Å². The van der Waals surface area contributed by atoms with Gasteiger partial charge in [-0.15, -0.1) is 0 Å². The normalized spacial score (nSPS) is 10.0. The maximum atomic E-state index is 12.3. The highest BCUT2D eigenvalue weighted by Crippen LogP contribution is 2.27. The molecule has 0 bridgehead atoms. The molecule has 0 unspecified atom stereocenters. The van der Waals surface area contributed by atoms with E-state index >= 15 is 0 Å². The standard InChI is InChI=1S/C15H11Br2N3O4S/c1-24-13-5-2-8(6-12(13)17)18-15(25)19-14(21)10-7-9(20(22)23)3-4-11(10)16/h2-7H,1H3,(H2,18,19,21,25). The molecule has 2 aromatic carbocycles. The van der Waals surface area contributed by atoms with E-state index in [1.165, 1.54) is 18.2 Å². The monoisotopic (exact) mass is 487 g/mol. The number of halogens is 2. The number of nitrogens with one attached hydrogen (secondary N) is 2. The summed E-state index contributed by atoms with van der Waals surface area (Å²) in [5.41, 5.74) is 0.552. The predicted molar refractivity (Wildman–Crippen MR) is 105 cm³/mol. The molecule has 0 heterocycles. The van der Waals surface area contributed by atoms with Gasteiger partial charge >= 0.3 is 0 Å². The first-order valence-electron chi connectivity index (χ1n) is 6.71. The summed E-state index contributed by atoms with van der Waals surface area (Å²) >= 11 is 11.7. The largest absolute Gasteiger partial charge is 0.496 e. The number of anilines is 1. The molecule has 2 N–H and O–H groups in total. The molecule has 0 aliphatic carbocycles. The van der Waals surface area contributed by atoms with E-state index in [1.54, 1.807) is 25.3 Å². The smallest absolute Gasteiger partial charge is 0.270 e. The lowest BCUT2D eigenvalue weighted by atomic mass is 10.2. The zero-order chi connectivity index (χ0) is 18.6. The molecule has 0 radical (unpaired) electrons. The Morgan fingerprint density at radius 3 is 2.52 bits per heavy atom. The van der Waals surface area contributed by atoms with Crippen LogP contribution >= 0.6 is 44.1 Å². The lowest BCUT2D eigenvalue weighted by molar-refractivity contribution is -0.384. The number of hydrogen-bond acceptors (Lipinski definition) is 5. The van der Waals surface area contributed by atoms with Gasteiger partial charge in [0.1, 0.15) is 5.75 Å². The van der Waals surface area contributed by atoms with E-state index in [0.29, 0.717) is 15.9 Å². The molecular weight excluding hydrogens is 478 g/mol. The van der Waals surface area contributed by atoms with Crippen molar-refractivity contribution in [2.45, 2.75) is 0 Å². The van der Waals surface area contributed by atoms with Crippen LogP contribution < -0.4 is 15.4 Å². The van der Waals surface area contributed by atoms with Gasteiger partial charge in [-0.2, -0.15) is 0 Å². The summed E-state index contributed by atoms with van der Waals surface area (Å²) in [7, 11) is 1.55. The third kappa shape index (κ3) is 4.97. The van der Waals surface area contributed by atoms with Crippen LogP contribution in [0.5, 0.6) is 5.75 Å². The Morgan fingerprint density at radius 2 is 1.92 bits per heavy atom. The number of rotatable bonds is 4. The molecule has 0 atom stereocenters. The molecular formula is C15H11Br2N3O4S. The molecule has 2 aromatic rings. The fourth-order valence-corrected chi connectivity index (χ4v) is 3.06. The molecule has 0 fully saturated rings. The molecule has 0 aliphatic heterocycles. The number of benzene rings is 2. The van der Waals surface area contributed by atoms with E-state index < -0.39 is 10.8 Å². The number of carbonyl (C=O) groups is 1. The van der Waals surface area contributed by atoms with E-state index in [1.807, 2.05) is 0 Å². The van der Waals surface area contributed by atoms with Gasteiger partial charge in [0.2, 0.25) is 0 Å². The van der Waals surface area contributed by atoms with Crippen molar-refractivity contribution >= 4 is 66.5 Å².